The molecule has 2 heterocycles. The zero-order valence-corrected chi connectivity index (χ0v) is 10.3. The first-order valence-electron chi connectivity index (χ1n) is 5.47. The van der Waals surface area contributed by atoms with Crippen LogP contribution in [0.25, 0.3) is 0 Å². The summed E-state index contributed by atoms with van der Waals surface area (Å²) in [6.45, 7) is 4.51. The maximum atomic E-state index is 12.2. The van der Waals surface area contributed by atoms with Crippen molar-refractivity contribution in [1.29, 1.82) is 0 Å². The van der Waals surface area contributed by atoms with Crippen molar-refractivity contribution in [3.63, 3.8) is 0 Å². The minimum Gasteiger partial charge on any atom is -0.342 e. The van der Waals surface area contributed by atoms with E-state index in [-0.39, 0.29) is 5.91 Å². The summed E-state index contributed by atoms with van der Waals surface area (Å²) in [5.41, 5.74) is 0.668. The average molecular weight is 242 g/mol. The first kappa shape index (κ1) is 11.5. The molecule has 1 fully saturated rings. The van der Waals surface area contributed by atoms with Crippen LogP contribution < -0.4 is 5.32 Å². The third kappa shape index (κ3) is 1.95. The minimum atomic E-state index is 0.0419. The Balaban J connectivity index is 2.18. The number of aromatic nitrogens is 1. The minimum absolute atomic E-state index is 0.0419. The highest BCUT2D eigenvalue weighted by atomic mass is 35.5. The van der Waals surface area contributed by atoms with E-state index < -0.39 is 0 Å². The second kappa shape index (κ2) is 4.47. The first-order chi connectivity index (χ1) is 7.63. The molecule has 1 aromatic heterocycles. The third-order valence-electron chi connectivity index (χ3n) is 3.05. The number of carbonyl (C=O) groups is 1. The number of amides is 1. The summed E-state index contributed by atoms with van der Waals surface area (Å²) in [6.07, 6.45) is 1.79. The van der Waals surface area contributed by atoms with Gasteiger partial charge in [0.1, 0.15) is 5.69 Å². The molecule has 1 aliphatic heterocycles. The molecule has 5 heteroatoms. The second-order valence-electron chi connectivity index (χ2n) is 4.06. The van der Waals surface area contributed by atoms with E-state index >= 15 is 0 Å². The molecule has 88 valence electrons. The normalized spacial score (nSPS) is 15.9. The van der Waals surface area contributed by atoms with E-state index in [4.69, 9.17) is 11.6 Å². The van der Waals surface area contributed by atoms with E-state index in [0.29, 0.717) is 16.8 Å². The zero-order valence-electron chi connectivity index (χ0n) is 9.53. The van der Waals surface area contributed by atoms with Gasteiger partial charge in [0, 0.05) is 32.9 Å². The van der Waals surface area contributed by atoms with Crippen LogP contribution in [0, 0.1) is 0 Å². The Morgan fingerprint density at radius 1 is 1.69 bits per heavy atom. The van der Waals surface area contributed by atoms with Gasteiger partial charge in [-0.15, -0.1) is 0 Å². The highest BCUT2D eigenvalue weighted by Crippen LogP contribution is 2.17. The van der Waals surface area contributed by atoms with Crippen molar-refractivity contribution >= 4 is 17.5 Å². The van der Waals surface area contributed by atoms with Gasteiger partial charge >= 0.3 is 0 Å². The summed E-state index contributed by atoms with van der Waals surface area (Å²) >= 11 is 5.92. The number of nitrogens with one attached hydrogen (secondary N) is 1. The number of nitrogens with zero attached hydrogens (tertiary/aromatic N) is 2. The molecule has 16 heavy (non-hydrogen) atoms. The molecular formula is C11H16ClN3O. The van der Waals surface area contributed by atoms with Gasteiger partial charge < -0.3 is 14.8 Å². The Labute approximate surface area is 100 Å². The van der Waals surface area contributed by atoms with Gasteiger partial charge in [0.15, 0.2) is 0 Å². The molecule has 0 saturated carbocycles. The molecule has 1 N–H and O–H groups in total. The quantitative estimate of drug-likeness (QED) is 0.864. The number of likely N-dealkylation sites (N-methyl/N-ethyl adjacent to an activating group) is 1. The van der Waals surface area contributed by atoms with Crippen LogP contribution in [0.15, 0.2) is 12.3 Å². The van der Waals surface area contributed by atoms with E-state index in [1.54, 1.807) is 17.2 Å². The van der Waals surface area contributed by atoms with Gasteiger partial charge in [0.25, 0.3) is 5.91 Å². The van der Waals surface area contributed by atoms with Crippen LogP contribution in [-0.4, -0.2) is 41.6 Å². The van der Waals surface area contributed by atoms with Crippen LogP contribution in [-0.2, 0) is 6.54 Å². The molecule has 2 rings (SSSR count). The van der Waals surface area contributed by atoms with Crippen LogP contribution in [0.5, 0.6) is 0 Å². The van der Waals surface area contributed by atoms with Crippen molar-refractivity contribution in [2.45, 2.75) is 19.5 Å². The highest BCUT2D eigenvalue weighted by molar-refractivity contribution is 6.31. The van der Waals surface area contributed by atoms with Crippen LogP contribution in [0.4, 0.5) is 0 Å². The number of aryl methyl sites for hydroxylation is 1. The van der Waals surface area contributed by atoms with Crippen molar-refractivity contribution in [1.82, 2.24) is 14.8 Å². The maximum Gasteiger partial charge on any atom is 0.270 e. The Morgan fingerprint density at radius 2 is 2.38 bits per heavy atom. The Bertz CT molecular complexity index is 398. The molecule has 0 radical (unpaired) electrons. The topological polar surface area (TPSA) is 37.3 Å². The fourth-order valence-electron chi connectivity index (χ4n) is 1.81. The summed E-state index contributed by atoms with van der Waals surface area (Å²) in [6, 6.07) is 2.04. The number of hydrogen-bond acceptors (Lipinski definition) is 2. The predicted molar refractivity (Wildman–Crippen MR) is 63.9 cm³/mol. The van der Waals surface area contributed by atoms with Crippen LogP contribution >= 0.6 is 11.6 Å². The summed E-state index contributed by atoms with van der Waals surface area (Å²) in [7, 11) is 1.84. The van der Waals surface area contributed by atoms with Crippen molar-refractivity contribution < 1.29 is 4.79 Å². The van der Waals surface area contributed by atoms with E-state index in [1.165, 1.54) is 0 Å². The third-order valence-corrected chi connectivity index (χ3v) is 3.26. The Hall–Kier alpha value is -1.00. The molecule has 0 bridgehead atoms. The second-order valence-corrected chi connectivity index (χ2v) is 4.49. The van der Waals surface area contributed by atoms with Crippen LogP contribution in [0.1, 0.15) is 17.4 Å². The van der Waals surface area contributed by atoms with Gasteiger partial charge in [0.2, 0.25) is 0 Å². The van der Waals surface area contributed by atoms with Gasteiger partial charge in [-0.3, -0.25) is 4.79 Å². The molecule has 0 spiro atoms. The molecule has 0 aromatic carbocycles. The molecule has 0 unspecified atom stereocenters. The lowest BCUT2D eigenvalue weighted by Crippen LogP contribution is -2.57. The van der Waals surface area contributed by atoms with Crippen LogP contribution in [0.2, 0.25) is 5.02 Å². The van der Waals surface area contributed by atoms with E-state index in [0.717, 1.165) is 19.6 Å². The molecule has 1 aliphatic rings. The number of halogens is 1. The lowest BCUT2D eigenvalue weighted by atomic mass is 10.1. The van der Waals surface area contributed by atoms with Crippen molar-refractivity contribution in [2.75, 3.05) is 20.1 Å². The lowest BCUT2D eigenvalue weighted by molar-refractivity contribution is 0.0670. The Kier molecular flexibility index (Phi) is 3.21. The zero-order chi connectivity index (χ0) is 11.7. The fourth-order valence-corrected chi connectivity index (χ4v) is 2.03. The van der Waals surface area contributed by atoms with Gasteiger partial charge in [-0.25, -0.2) is 0 Å². The summed E-state index contributed by atoms with van der Waals surface area (Å²) < 4.78 is 1.88. The molecular weight excluding hydrogens is 226 g/mol. The highest BCUT2D eigenvalue weighted by Gasteiger charge is 2.27. The number of rotatable bonds is 3. The predicted octanol–water partition coefficient (Wildman–Crippen LogP) is 1.21. The molecule has 1 saturated heterocycles. The first-order valence-corrected chi connectivity index (χ1v) is 5.84. The SMILES string of the molecule is CCn1cc(Cl)cc1C(=O)N(C)C1CNC1. The number of hydrogen-bond donors (Lipinski definition) is 1. The van der Waals surface area contributed by atoms with Gasteiger partial charge in [-0.05, 0) is 13.0 Å². The molecule has 0 aliphatic carbocycles. The molecule has 4 nitrogen and oxygen atoms in total. The average Bonchev–Trinajstić information content (AvgIpc) is 2.55. The van der Waals surface area contributed by atoms with Gasteiger partial charge in [-0.1, -0.05) is 11.6 Å². The van der Waals surface area contributed by atoms with Crippen molar-refractivity contribution in [3.05, 3.63) is 23.0 Å². The van der Waals surface area contributed by atoms with Crippen LogP contribution in [0.3, 0.4) is 0 Å². The van der Waals surface area contributed by atoms with Crippen molar-refractivity contribution in [3.8, 4) is 0 Å². The lowest BCUT2D eigenvalue weighted by Gasteiger charge is -2.35. The largest absolute Gasteiger partial charge is 0.342 e. The van der Waals surface area contributed by atoms with Gasteiger partial charge in [0.05, 0.1) is 11.1 Å². The molecule has 1 aromatic rings. The van der Waals surface area contributed by atoms with E-state index in [2.05, 4.69) is 5.32 Å². The number of carbonyl (C=O) groups excluding carboxylic acids is 1. The fraction of sp³-hybridized carbons (Fsp3) is 0.545. The summed E-state index contributed by atoms with van der Waals surface area (Å²) in [4.78, 5) is 14.0. The summed E-state index contributed by atoms with van der Waals surface area (Å²) in [5.74, 6) is 0.0419. The Morgan fingerprint density at radius 3 is 2.88 bits per heavy atom. The van der Waals surface area contributed by atoms with Crippen molar-refractivity contribution in [2.24, 2.45) is 0 Å². The smallest absolute Gasteiger partial charge is 0.270 e. The standard InChI is InChI=1S/C11H16ClN3O/c1-3-15-7-8(12)4-10(15)11(16)14(2)9-5-13-6-9/h4,7,9,13H,3,5-6H2,1-2H3. The molecule has 1 amide bonds. The molecule has 0 atom stereocenters. The maximum absolute atomic E-state index is 12.2. The monoisotopic (exact) mass is 241 g/mol. The van der Waals surface area contributed by atoms with E-state index in [1.807, 2.05) is 18.5 Å². The van der Waals surface area contributed by atoms with Gasteiger partial charge in [-0.2, -0.15) is 0 Å². The van der Waals surface area contributed by atoms with E-state index in [9.17, 15) is 4.79 Å². The summed E-state index contributed by atoms with van der Waals surface area (Å²) in [5, 5.41) is 3.77.